The largest absolute Gasteiger partial charge is 0.382 e. The predicted octanol–water partition coefficient (Wildman–Crippen LogP) is -1.10. The summed E-state index contributed by atoms with van der Waals surface area (Å²) in [7, 11) is 1.64. The first-order valence-corrected chi connectivity index (χ1v) is 28.1. The molecule has 1 aliphatic rings. The quantitative estimate of drug-likeness (QED) is 0.0540. The summed E-state index contributed by atoms with van der Waals surface area (Å²) in [5.41, 5.74) is 0. The van der Waals surface area contributed by atoms with Crippen LogP contribution in [0.5, 0.6) is 0 Å². The Kier molecular flexibility index (Phi) is 60.6. The molecule has 2 N–H and O–H groups in total. The maximum absolute atomic E-state index is 12.0. The molecule has 4 amide bonds. The number of nitrogens with one attached hydrogen (secondary N) is 2. The fraction of sp³-hybridized carbons (Fsp3) is 0.887. The molecule has 0 spiro atoms. The van der Waals surface area contributed by atoms with Crippen LogP contribution in [0.25, 0.3) is 0 Å². The second kappa shape index (κ2) is 64.5. The van der Waals surface area contributed by atoms with Crippen molar-refractivity contribution in [1.82, 2.24) is 15.5 Å². The topological polar surface area (TPSA) is 289 Å². The summed E-state index contributed by atoms with van der Waals surface area (Å²) in [6.45, 7) is 19.4. The van der Waals surface area contributed by atoms with Crippen LogP contribution in [-0.4, -0.2) is 326 Å². The Balaban J connectivity index is 1.63. The molecule has 0 saturated heterocycles. The Bertz CT molecular complexity index is 1400. The summed E-state index contributed by atoms with van der Waals surface area (Å²) in [6.07, 6.45) is 2.68. The van der Waals surface area contributed by atoms with Gasteiger partial charge in [-0.05, 0) is 0 Å². The van der Waals surface area contributed by atoms with E-state index in [0.29, 0.717) is 284 Å². The van der Waals surface area contributed by atoms with Crippen molar-refractivity contribution >= 4 is 23.6 Å². The number of carbonyl (C=O) groups is 4. The zero-order valence-electron chi connectivity index (χ0n) is 48.3. The Morgan fingerprint density at radius 2 is 0.469 bits per heavy atom. The number of ether oxygens (including phenoxy) is 21. The molecule has 28 heteroatoms. The molecule has 476 valence electrons. The van der Waals surface area contributed by atoms with E-state index in [1.54, 1.807) is 7.11 Å². The maximum atomic E-state index is 12.0. The third kappa shape index (κ3) is 58.5. The SMILES string of the molecule is COCCOCCOCCOCCOCCOCCOCCOCCOCCNC(=O)CCOCCOCCOCCOCCOCCOCCOCCOCCOCCOCCOCCOCCNC(=O)CCN1C(=O)C=CC1=O. The van der Waals surface area contributed by atoms with E-state index in [4.69, 9.17) is 99.5 Å². The number of amides is 4. The molecule has 0 unspecified atom stereocenters. The predicted molar refractivity (Wildman–Crippen MR) is 289 cm³/mol. The minimum Gasteiger partial charge on any atom is -0.382 e. The molecule has 1 aliphatic heterocycles. The van der Waals surface area contributed by atoms with E-state index in [0.717, 1.165) is 4.90 Å². The molecule has 0 aromatic heterocycles. The molecule has 0 aromatic carbocycles. The number of methoxy groups -OCH3 is 1. The molecule has 0 fully saturated rings. The van der Waals surface area contributed by atoms with Gasteiger partial charge in [-0.2, -0.15) is 0 Å². The molecular weight excluding hydrogens is 1080 g/mol. The van der Waals surface area contributed by atoms with Gasteiger partial charge in [0.05, 0.1) is 271 Å². The monoisotopic (exact) mass is 1180 g/mol. The first kappa shape index (κ1) is 76.0. The molecule has 0 aliphatic carbocycles. The Hall–Kier alpha value is -3.02. The number of rotatable bonds is 69. The molecule has 81 heavy (non-hydrogen) atoms. The lowest BCUT2D eigenvalue weighted by atomic mass is 10.3. The van der Waals surface area contributed by atoms with E-state index in [1.165, 1.54) is 12.2 Å². The van der Waals surface area contributed by atoms with Crippen LogP contribution in [0.4, 0.5) is 0 Å². The molecule has 1 rings (SSSR count). The van der Waals surface area contributed by atoms with Gasteiger partial charge < -0.3 is 110 Å². The van der Waals surface area contributed by atoms with Crippen molar-refractivity contribution in [2.75, 3.05) is 298 Å². The van der Waals surface area contributed by atoms with Gasteiger partial charge in [0.2, 0.25) is 11.8 Å². The maximum Gasteiger partial charge on any atom is 0.253 e. The van der Waals surface area contributed by atoms with Crippen LogP contribution in [0.15, 0.2) is 12.2 Å². The minimum absolute atomic E-state index is 0.0435. The summed E-state index contributed by atoms with van der Waals surface area (Å²) in [6, 6.07) is 0. The van der Waals surface area contributed by atoms with Gasteiger partial charge in [0.25, 0.3) is 11.8 Å². The fourth-order valence-corrected chi connectivity index (χ4v) is 6.04. The van der Waals surface area contributed by atoms with Crippen molar-refractivity contribution < 1.29 is 119 Å². The van der Waals surface area contributed by atoms with E-state index in [-0.39, 0.29) is 31.2 Å². The highest BCUT2D eigenvalue weighted by Crippen LogP contribution is 2.04. The second-order valence-electron chi connectivity index (χ2n) is 16.6. The lowest BCUT2D eigenvalue weighted by Gasteiger charge is -2.13. The highest BCUT2D eigenvalue weighted by atomic mass is 16.6. The average molecular weight is 1180 g/mol. The summed E-state index contributed by atoms with van der Waals surface area (Å²) >= 11 is 0. The molecule has 0 aromatic rings. The van der Waals surface area contributed by atoms with Crippen LogP contribution in [-0.2, 0) is 119 Å². The molecule has 0 atom stereocenters. The van der Waals surface area contributed by atoms with Gasteiger partial charge in [-0.25, -0.2) is 0 Å². The lowest BCUT2D eigenvalue weighted by molar-refractivity contribution is -0.137. The standard InChI is InChI=1S/C53H99N3O25/c1-61-12-13-65-20-21-69-28-29-73-36-37-77-42-39-76-35-32-72-27-24-68-19-16-64-11-7-55-51(58)5-9-62-14-17-66-22-25-70-30-33-74-38-41-78-44-46-80-48-49-81-47-45-79-43-40-75-34-31-71-26-23-67-18-15-63-10-6-54-50(57)4-8-56-52(59)2-3-53(56)60/h2-3H,4-49H2,1H3,(H,54,57)(H,55,58). The van der Waals surface area contributed by atoms with Crippen molar-refractivity contribution in [3.63, 3.8) is 0 Å². The van der Waals surface area contributed by atoms with Crippen molar-refractivity contribution in [3.05, 3.63) is 12.2 Å². The van der Waals surface area contributed by atoms with E-state index in [2.05, 4.69) is 10.6 Å². The zero-order valence-corrected chi connectivity index (χ0v) is 48.3. The molecule has 0 radical (unpaired) electrons. The minimum atomic E-state index is -0.403. The molecule has 0 saturated carbocycles. The lowest BCUT2D eigenvalue weighted by Crippen LogP contribution is -2.35. The van der Waals surface area contributed by atoms with Crippen LogP contribution >= 0.6 is 0 Å². The third-order valence-corrected chi connectivity index (χ3v) is 10.2. The first-order chi connectivity index (χ1) is 40.0. The summed E-state index contributed by atoms with van der Waals surface area (Å²) in [5, 5.41) is 5.48. The normalized spacial score (nSPS) is 12.4. The van der Waals surface area contributed by atoms with E-state index >= 15 is 0 Å². The van der Waals surface area contributed by atoms with Crippen LogP contribution < -0.4 is 10.6 Å². The number of hydrogen-bond donors (Lipinski definition) is 2. The van der Waals surface area contributed by atoms with E-state index in [1.807, 2.05) is 0 Å². The molecule has 28 nitrogen and oxygen atoms in total. The van der Waals surface area contributed by atoms with Crippen molar-refractivity contribution in [1.29, 1.82) is 0 Å². The Labute approximate surface area is 479 Å². The fourth-order valence-electron chi connectivity index (χ4n) is 6.04. The Morgan fingerprint density at radius 1 is 0.284 bits per heavy atom. The third-order valence-electron chi connectivity index (χ3n) is 10.2. The van der Waals surface area contributed by atoms with Gasteiger partial charge in [0, 0.05) is 51.7 Å². The average Bonchev–Trinajstić information content (AvgIpc) is 3.81. The second-order valence-corrected chi connectivity index (χ2v) is 16.6. The van der Waals surface area contributed by atoms with Gasteiger partial charge in [0.1, 0.15) is 0 Å². The van der Waals surface area contributed by atoms with Crippen LogP contribution in [0.3, 0.4) is 0 Å². The molecule has 1 heterocycles. The van der Waals surface area contributed by atoms with E-state index < -0.39 is 11.8 Å². The highest BCUT2D eigenvalue weighted by molar-refractivity contribution is 6.13. The van der Waals surface area contributed by atoms with Crippen LogP contribution in [0.1, 0.15) is 12.8 Å². The number of imide groups is 1. The van der Waals surface area contributed by atoms with Crippen molar-refractivity contribution in [2.24, 2.45) is 0 Å². The van der Waals surface area contributed by atoms with Crippen LogP contribution in [0.2, 0.25) is 0 Å². The summed E-state index contributed by atoms with van der Waals surface area (Å²) < 4.78 is 114. The highest BCUT2D eigenvalue weighted by Gasteiger charge is 2.23. The summed E-state index contributed by atoms with van der Waals surface area (Å²) in [5.74, 6) is -1.17. The van der Waals surface area contributed by atoms with Crippen molar-refractivity contribution in [2.45, 2.75) is 12.8 Å². The molecule has 0 bridgehead atoms. The first-order valence-electron chi connectivity index (χ1n) is 28.1. The molecular formula is C53H99N3O25. The van der Waals surface area contributed by atoms with E-state index in [9.17, 15) is 19.2 Å². The zero-order chi connectivity index (χ0) is 58.1. The van der Waals surface area contributed by atoms with Gasteiger partial charge in [-0.15, -0.1) is 0 Å². The van der Waals surface area contributed by atoms with Gasteiger partial charge in [-0.1, -0.05) is 0 Å². The number of carbonyl (C=O) groups excluding carboxylic acids is 4. The smallest absolute Gasteiger partial charge is 0.253 e. The Morgan fingerprint density at radius 3 is 0.691 bits per heavy atom. The number of nitrogens with zero attached hydrogens (tertiary/aromatic N) is 1. The van der Waals surface area contributed by atoms with Gasteiger partial charge >= 0.3 is 0 Å². The van der Waals surface area contributed by atoms with Crippen LogP contribution in [0, 0.1) is 0 Å². The van der Waals surface area contributed by atoms with Gasteiger partial charge in [-0.3, -0.25) is 24.1 Å². The van der Waals surface area contributed by atoms with Gasteiger partial charge in [0.15, 0.2) is 0 Å². The number of hydrogen-bond acceptors (Lipinski definition) is 25. The van der Waals surface area contributed by atoms with Crippen molar-refractivity contribution in [3.8, 4) is 0 Å². The summed E-state index contributed by atoms with van der Waals surface area (Å²) in [4.78, 5) is 47.8.